The maximum atomic E-state index is 11.6. The summed E-state index contributed by atoms with van der Waals surface area (Å²) in [5, 5.41) is 19.1. The summed E-state index contributed by atoms with van der Waals surface area (Å²) in [5.74, 6) is 1.40. The number of nitriles is 1. The van der Waals surface area contributed by atoms with Crippen molar-refractivity contribution in [3.63, 3.8) is 0 Å². The lowest BCUT2D eigenvalue weighted by Gasteiger charge is -2.20. The van der Waals surface area contributed by atoms with E-state index in [0.717, 1.165) is 25.1 Å². The van der Waals surface area contributed by atoms with Gasteiger partial charge in [-0.2, -0.15) is 5.26 Å². The van der Waals surface area contributed by atoms with E-state index in [1.165, 1.54) is 12.1 Å². The molecule has 2 N–H and O–H groups in total. The molecule has 0 amide bonds. The largest absolute Gasteiger partial charge is 0.292 e. The number of rotatable bonds is 6. The van der Waals surface area contributed by atoms with Crippen LogP contribution in [0.2, 0.25) is 0 Å². The average Bonchev–Trinajstić information content (AvgIpc) is 3.16. The first kappa shape index (κ1) is 20.9. The summed E-state index contributed by atoms with van der Waals surface area (Å²) in [6, 6.07) is 15.8. The van der Waals surface area contributed by atoms with Crippen molar-refractivity contribution in [2.45, 2.75) is 24.3 Å². The second-order valence-electron chi connectivity index (χ2n) is 7.38. The number of hydrogen-bond acceptors (Lipinski definition) is 6. The quantitative estimate of drug-likeness (QED) is 0.594. The van der Waals surface area contributed by atoms with E-state index in [4.69, 9.17) is 15.2 Å². The molecule has 31 heavy (non-hydrogen) atoms. The third-order valence-corrected chi connectivity index (χ3v) is 5.98. The van der Waals surface area contributed by atoms with Gasteiger partial charge in [-0.05, 0) is 48.4 Å². The topological polar surface area (TPSA) is 118 Å². The standard InChI is InChI=1S/C22H22N6O2S/c23-15-18-6-4-5-17(13-18)14-22-25-21(16-27-11-2-1-3-12-27)26-28(22)19-7-9-20(10-8-19)31(24,29)30/h1-2,4-10,13H,3,11-12,14,16H2,(H2,24,29,30). The van der Waals surface area contributed by atoms with Gasteiger partial charge in [-0.15, -0.1) is 5.10 Å². The molecule has 9 heteroatoms. The van der Waals surface area contributed by atoms with E-state index in [0.29, 0.717) is 35.9 Å². The van der Waals surface area contributed by atoms with Gasteiger partial charge in [0.25, 0.3) is 0 Å². The first-order valence-electron chi connectivity index (χ1n) is 9.87. The van der Waals surface area contributed by atoms with Gasteiger partial charge >= 0.3 is 0 Å². The minimum atomic E-state index is -3.77. The molecule has 158 valence electrons. The Morgan fingerprint density at radius 2 is 1.94 bits per heavy atom. The Bertz CT molecular complexity index is 1260. The molecule has 4 rings (SSSR count). The fourth-order valence-corrected chi connectivity index (χ4v) is 4.04. The van der Waals surface area contributed by atoms with E-state index in [2.05, 4.69) is 23.1 Å². The number of benzene rings is 2. The van der Waals surface area contributed by atoms with E-state index in [1.54, 1.807) is 22.9 Å². The highest BCUT2D eigenvalue weighted by Crippen LogP contribution is 2.18. The highest BCUT2D eigenvalue weighted by Gasteiger charge is 2.17. The van der Waals surface area contributed by atoms with Gasteiger partial charge in [0.1, 0.15) is 5.82 Å². The molecule has 1 aliphatic heterocycles. The molecule has 1 aromatic heterocycles. The first-order valence-corrected chi connectivity index (χ1v) is 11.4. The van der Waals surface area contributed by atoms with Crippen molar-refractivity contribution in [1.29, 1.82) is 5.26 Å². The molecule has 0 spiro atoms. The molecule has 0 atom stereocenters. The monoisotopic (exact) mass is 434 g/mol. The molecule has 0 unspecified atom stereocenters. The van der Waals surface area contributed by atoms with Crippen molar-refractivity contribution >= 4 is 10.0 Å². The molecule has 0 fully saturated rings. The Hall–Kier alpha value is -3.32. The summed E-state index contributed by atoms with van der Waals surface area (Å²) in [6.45, 7) is 2.43. The summed E-state index contributed by atoms with van der Waals surface area (Å²) in [4.78, 5) is 7.07. The van der Waals surface area contributed by atoms with Crippen molar-refractivity contribution in [2.24, 2.45) is 5.14 Å². The molecule has 1 aliphatic rings. The molecule has 8 nitrogen and oxygen atoms in total. The second kappa shape index (κ2) is 8.81. The predicted octanol–water partition coefficient (Wildman–Crippen LogP) is 2.14. The molecule has 3 aromatic rings. The van der Waals surface area contributed by atoms with Crippen molar-refractivity contribution in [3.05, 3.63) is 83.5 Å². The van der Waals surface area contributed by atoms with Crippen LogP contribution < -0.4 is 5.14 Å². The molecular formula is C22H22N6O2S. The number of hydrogen-bond donors (Lipinski definition) is 1. The van der Waals surface area contributed by atoms with E-state index in [1.807, 2.05) is 18.2 Å². The van der Waals surface area contributed by atoms with Crippen LogP contribution in [0.1, 0.15) is 29.2 Å². The fourth-order valence-electron chi connectivity index (χ4n) is 3.52. The summed E-state index contributed by atoms with van der Waals surface area (Å²) in [6.07, 6.45) is 5.80. The zero-order valence-corrected chi connectivity index (χ0v) is 17.7. The van der Waals surface area contributed by atoms with E-state index < -0.39 is 10.0 Å². The van der Waals surface area contributed by atoms with Gasteiger partial charge in [0.05, 0.1) is 28.8 Å². The van der Waals surface area contributed by atoms with E-state index in [-0.39, 0.29) is 4.90 Å². The van der Waals surface area contributed by atoms with Gasteiger partial charge in [0.15, 0.2) is 5.82 Å². The van der Waals surface area contributed by atoms with E-state index >= 15 is 0 Å². The second-order valence-corrected chi connectivity index (χ2v) is 8.94. The average molecular weight is 435 g/mol. The van der Waals surface area contributed by atoms with Crippen molar-refractivity contribution in [3.8, 4) is 11.8 Å². The summed E-state index contributed by atoms with van der Waals surface area (Å²) < 4.78 is 24.9. The maximum Gasteiger partial charge on any atom is 0.238 e. The summed E-state index contributed by atoms with van der Waals surface area (Å²) in [5.41, 5.74) is 2.22. The van der Waals surface area contributed by atoms with Crippen molar-refractivity contribution < 1.29 is 8.42 Å². The van der Waals surface area contributed by atoms with Crippen LogP contribution in [0.4, 0.5) is 0 Å². The van der Waals surface area contributed by atoms with Crippen LogP contribution in [0.25, 0.3) is 5.69 Å². The Kier molecular flexibility index (Phi) is 5.95. The number of primary sulfonamides is 1. The number of nitrogens with zero attached hydrogens (tertiary/aromatic N) is 5. The smallest absolute Gasteiger partial charge is 0.238 e. The zero-order valence-electron chi connectivity index (χ0n) is 16.8. The van der Waals surface area contributed by atoms with Crippen LogP contribution in [-0.4, -0.2) is 41.2 Å². The van der Waals surface area contributed by atoms with E-state index in [9.17, 15) is 13.7 Å². The van der Waals surface area contributed by atoms with Crippen LogP contribution in [0.3, 0.4) is 0 Å². The van der Waals surface area contributed by atoms with Gasteiger partial charge in [0.2, 0.25) is 10.0 Å². The van der Waals surface area contributed by atoms with Crippen LogP contribution in [0.5, 0.6) is 0 Å². The number of sulfonamides is 1. The SMILES string of the molecule is N#Cc1cccc(Cc2nc(CN3CC=CCC3)nn2-c2ccc(S(N)(=O)=O)cc2)c1. The van der Waals surface area contributed by atoms with Gasteiger partial charge in [0, 0.05) is 19.5 Å². The summed E-state index contributed by atoms with van der Waals surface area (Å²) in [7, 11) is -3.77. The Balaban J connectivity index is 1.69. The van der Waals surface area contributed by atoms with Gasteiger partial charge in [-0.3, -0.25) is 4.90 Å². The predicted molar refractivity (Wildman–Crippen MR) is 116 cm³/mol. The third-order valence-electron chi connectivity index (χ3n) is 5.05. The van der Waals surface area contributed by atoms with Crippen LogP contribution >= 0.6 is 0 Å². The van der Waals surface area contributed by atoms with Crippen LogP contribution in [0.15, 0.2) is 65.6 Å². The Morgan fingerprint density at radius 1 is 1.13 bits per heavy atom. The maximum absolute atomic E-state index is 11.6. The van der Waals surface area contributed by atoms with Gasteiger partial charge < -0.3 is 0 Å². The zero-order chi connectivity index (χ0) is 21.8. The van der Waals surface area contributed by atoms with Crippen molar-refractivity contribution in [1.82, 2.24) is 19.7 Å². The highest BCUT2D eigenvalue weighted by molar-refractivity contribution is 7.89. The molecule has 2 heterocycles. The molecule has 2 aromatic carbocycles. The van der Waals surface area contributed by atoms with Gasteiger partial charge in [-0.25, -0.2) is 23.2 Å². The molecule has 0 radical (unpaired) electrons. The molecular weight excluding hydrogens is 412 g/mol. The minimum Gasteiger partial charge on any atom is -0.292 e. The van der Waals surface area contributed by atoms with Gasteiger partial charge in [-0.1, -0.05) is 24.3 Å². The van der Waals surface area contributed by atoms with Crippen LogP contribution in [-0.2, 0) is 23.0 Å². The molecule has 0 saturated heterocycles. The molecule has 0 aliphatic carbocycles. The summed E-state index contributed by atoms with van der Waals surface area (Å²) >= 11 is 0. The number of aromatic nitrogens is 3. The minimum absolute atomic E-state index is 0.0416. The van der Waals surface area contributed by atoms with Crippen LogP contribution in [0, 0.1) is 11.3 Å². The molecule has 0 bridgehead atoms. The highest BCUT2D eigenvalue weighted by atomic mass is 32.2. The Morgan fingerprint density at radius 3 is 2.61 bits per heavy atom. The third kappa shape index (κ3) is 5.06. The number of nitrogens with two attached hydrogens (primary N) is 1. The lowest BCUT2D eigenvalue weighted by molar-refractivity contribution is 0.283. The first-order chi connectivity index (χ1) is 14.9. The lowest BCUT2D eigenvalue weighted by atomic mass is 10.1. The normalized spacial score (nSPS) is 14.5. The van der Waals surface area contributed by atoms with Crippen molar-refractivity contribution in [2.75, 3.05) is 13.1 Å². The fraction of sp³-hybridized carbons (Fsp3) is 0.227. The molecule has 0 saturated carbocycles. The lowest BCUT2D eigenvalue weighted by Crippen LogP contribution is -2.27. The Labute approximate surface area is 181 Å².